The molecule has 15 heavy (non-hydrogen) atoms. The minimum absolute atomic E-state index is 0.103. The summed E-state index contributed by atoms with van der Waals surface area (Å²) in [5, 5.41) is 17.1. The van der Waals surface area contributed by atoms with Gasteiger partial charge in [-0.2, -0.15) is 11.8 Å². The molecule has 0 saturated carbocycles. The number of benzene rings is 1. The fourth-order valence-corrected chi connectivity index (χ4v) is 1.78. The van der Waals surface area contributed by atoms with E-state index in [9.17, 15) is 0 Å². The molecule has 80 valence electrons. The van der Waals surface area contributed by atoms with Gasteiger partial charge in [0.05, 0.1) is 6.61 Å². The van der Waals surface area contributed by atoms with E-state index in [1.165, 1.54) is 5.56 Å². The van der Waals surface area contributed by atoms with Crippen LogP contribution in [0.1, 0.15) is 11.1 Å². The van der Waals surface area contributed by atoms with Crippen LogP contribution in [0.15, 0.2) is 24.3 Å². The molecule has 0 atom stereocenters. The monoisotopic (exact) mass is 222 g/mol. The third-order valence-electron chi connectivity index (χ3n) is 1.77. The van der Waals surface area contributed by atoms with Crippen LogP contribution >= 0.6 is 11.8 Å². The highest BCUT2D eigenvalue weighted by molar-refractivity contribution is 7.98. The van der Waals surface area contributed by atoms with Crippen LogP contribution in [-0.2, 0) is 5.75 Å². The molecule has 0 amide bonds. The van der Waals surface area contributed by atoms with Crippen molar-refractivity contribution in [1.29, 1.82) is 0 Å². The SMILES string of the molecule is OCC#Cc1ccc(CSCCO)cc1. The van der Waals surface area contributed by atoms with Gasteiger partial charge in [-0.1, -0.05) is 24.0 Å². The summed E-state index contributed by atoms with van der Waals surface area (Å²) < 4.78 is 0. The summed E-state index contributed by atoms with van der Waals surface area (Å²) in [6, 6.07) is 7.92. The Balaban J connectivity index is 2.49. The number of hydrogen-bond acceptors (Lipinski definition) is 3. The fourth-order valence-electron chi connectivity index (χ4n) is 1.08. The lowest BCUT2D eigenvalue weighted by atomic mass is 10.1. The van der Waals surface area contributed by atoms with E-state index >= 15 is 0 Å². The van der Waals surface area contributed by atoms with Crippen molar-refractivity contribution < 1.29 is 10.2 Å². The first-order chi connectivity index (χ1) is 7.36. The second-order valence-electron chi connectivity index (χ2n) is 2.93. The molecule has 0 aliphatic rings. The van der Waals surface area contributed by atoms with E-state index in [1.54, 1.807) is 11.8 Å². The van der Waals surface area contributed by atoms with Gasteiger partial charge in [-0.3, -0.25) is 0 Å². The van der Waals surface area contributed by atoms with Crippen LogP contribution in [-0.4, -0.2) is 29.2 Å². The van der Waals surface area contributed by atoms with Gasteiger partial charge in [-0.25, -0.2) is 0 Å². The Morgan fingerprint density at radius 2 is 1.87 bits per heavy atom. The molecule has 2 N–H and O–H groups in total. The summed E-state index contributed by atoms with van der Waals surface area (Å²) in [7, 11) is 0. The molecular weight excluding hydrogens is 208 g/mol. The van der Waals surface area contributed by atoms with Gasteiger partial charge in [0.25, 0.3) is 0 Å². The van der Waals surface area contributed by atoms with Gasteiger partial charge in [0.1, 0.15) is 6.61 Å². The van der Waals surface area contributed by atoms with Crippen LogP contribution < -0.4 is 0 Å². The Morgan fingerprint density at radius 3 is 2.47 bits per heavy atom. The number of thioether (sulfide) groups is 1. The smallest absolute Gasteiger partial charge is 0.104 e. The molecule has 0 spiro atoms. The molecule has 0 aromatic heterocycles. The maximum atomic E-state index is 8.62. The standard InChI is InChI=1S/C12H14O2S/c13-7-1-2-11-3-5-12(6-4-11)10-15-9-8-14/h3-6,13-14H,7-10H2. The molecule has 2 nitrogen and oxygen atoms in total. The zero-order chi connectivity index (χ0) is 10.9. The highest BCUT2D eigenvalue weighted by Crippen LogP contribution is 2.12. The lowest BCUT2D eigenvalue weighted by molar-refractivity contribution is 0.322. The molecule has 1 rings (SSSR count). The third kappa shape index (κ3) is 4.89. The van der Waals surface area contributed by atoms with Crippen LogP contribution in [0.4, 0.5) is 0 Å². The molecule has 0 radical (unpaired) electrons. The number of hydrogen-bond donors (Lipinski definition) is 2. The summed E-state index contributed by atoms with van der Waals surface area (Å²) >= 11 is 1.70. The molecule has 0 fully saturated rings. The topological polar surface area (TPSA) is 40.5 Å². The van der Waals surface area contributed by atoms with E-state index in [0.717, 1.165) is 17.1 Å². The summed E-state index contributed by atoms with van der Waals surface area (Å²) in [4.78, 5) is 0. The van der Waals surface area contributed by atoms with Gasteiger partial charge >= 0.3 is 0 Å². The summed E-state index contributed by atoms with van der Waals surface area (Å²) in [5.41, 5.74) is 2.14. The molecular formula is C12H14O2S. The van der Waals surface area contributed by atoms with Gasteiger partial charge < -0.3 is 10.2 Å². The Morgan fingerprint density at radius 1 is 1.13 bits per heavy atom. The van der Waals surface area contributed by atoms with Crippen molar-refractivity contribution in [2.45, 2.75) is 5.75 Å². The van der Waals surface area contributed by atoms with E-state index in [1.807, 2.05) is 24.3 Å². The summed E-state index contributed by atoms with van der Waals surface area (Å²) in [6.45, 7) is 0.124. The van der Waals surface area contributed by atoms with Crippen molar-refractivity contribution in [3.05, 3.63) is 35.4 Å². The summed E-state index contributed by atoms with van der Waals surface area (Å²) in [5.74, 6) is 7.13. The quantitative estimate of drug-likeness (QED) is 0.595. The third-order valence-corrected chi connectivity index (χ3v) is 2.78. The van der Waals surface area contributed by atoms with E-state index in [-0.39, 0.29) is 13.2 Å². The van der Waals surface area contributed by atoms with Crippen molar-refractivity contribution in [3.8, 4) is 11.8 Å². The average molecular weight is 222 g/mol. The summed E-state index contributed by atoms with van der Waals surface area (Å²) in [6.07, 6.45) is 0. The van der Waals surface area contributed by atoms with Crippen LogP contribution in [0.2, 0.25) is 0 Å². The molecule has 0 aliphatic carbocycles. The van der Waals surface area contributed by atoms with Crippen LogP contribution in [0.3, 0.4) is 0 Å². The molecule has 3 heteroatoms. The Hall–Kier alpha value is -0.950. The second kappa shape index (κ2) is 7.36. The highest BCUT2D eigenvalue weighted by atomic mass is 32.2. The normalized spacial score (nSPS) is 9.47. The van der Waals surface area contributed by atoms with Gasteiger partial charge in [-0.05, 0) is 17.7 Å². The van der Waals surface area contributed by atoms with E-state index in [2.05, 4.69) is 11.8 Å². The van der Waals surface area contributed by atoms with Crippen molar-refractivity contribution in [3.63, 3.8) is 0 Å². The molecule has 1 aromatic carbocycles. The maximum Gasteiger partial charge on any atom is 0.104 e. The van der Waals surface area contributed by atoms with E-state index in [4.69, 9.17) is 10.2 Å². The van der Waals surface area contributed by atoms with Crippen molar-refractivity contribution in [2.24, 2.45) is 0 Å². The molecule has 0 saturated heterocycles. The number of rotatable bonds is 4. The van der Waals surface area contributed by atoms with Gasteiger partial charge in [0.15, 0.2) is 0 Å². The van der Waals surface area contributed by atoms with E-state index in [0.29, 0.717) is 0 Å². The van der Waals surface area contributed by atoms with Gasteiger partial charge in [0.2, 0.25) is 0 Å². The maximum absolute atomic E-state index is 8.62. The zero-order valence-electron chi connectivity index (χ0n) is 8.44. The first-order valence-electron chi connectivity index (χ1n) is 4.74. The highest BCUT2D eigenvalue weighted by Gasteiger charge is 1.93. The Bertz CT molecular complexity index is 335. The minimum atomic E-state index is -0.103. The zero-order valence-corrected chi connectivity index (χ0v) is 9.26. The lowest BCUT2D eigenvalue weighted by Gasteiger charge is -2.00. The van der Waals surface area contributed by atoms with Gasteiger partial charge in [-0.15, -0.1) is 0 Å². The minimum Gasteiger partial charge on any atom is -0.396 e. The number of aliphatic hydroxyl groups is 2. The molecule has 0 unspecified atom stereocenters. The largest absolute Gasteiger partial charge is 0.396 e. The van der Waals surface area contributed by atoms with Crippen LogP contribution in [0.5, 0.6) is 0 Å². The van der Waals surface area contributed by atoms with Crippen LogP contribution in [0, 0.1) is 11.8 Å². The first kappa shape index (κ1) is 12.1. The molecule has 0 bridgehead atoms. The molecule has 1 aromatic rings. The van der Waals surface area contributed by atoms with Crippen molar-refractivity contribution in [2.75, 3.05) is 19.0 Å². The van der Waals surface area contributed by atoms with Gasteiger partial charge in [0, 0.05) is 17.1 Å². The predicted octanol–water partition coefficient (Wildman–Crippen LogP) is 1.26. The predicted molar refractivity (Wildman–Crippen MR) is 63.7 cm³/mol. The average Bonchev–Trinajstić information content (AvgIpc) is 2.28. The molecule has 0 aliphatic heterocycles. The number of aliphatic hydroxyl groups excluding tert-OH is 2. The Kier molecular flexibility index (Phi) is 5.94. The van der Waals surface area contributed by atoms with E-state index < -0.39 is 0 Å². The fraction of sp³-hybridized carbons (Fsp3) is 0.333. The first-order valence-corrected chi connectivity index (χ1v) is 5.89. The van der Waals surface area contributed by atoms with Crippen LogP contribution in [0.25, 0.3) is 0 Å². The lowest BCUT2D eigenvalue weighted by Crippen LogP contribution is -1.88. The Labute approximate surface area is 94.3 Å². The van der Waals surface area contributed by atoms with Crippen molar-refractivity contribution >= 4 is 11.8 Å². The second-order valence-corrected chi connectivity index (χ2v) is 4.04. The molecule has 0 heterocycles. The van der Waals surface area contributed by atoms with Crippen molar-refractivity contribution in [1.82, 2.24) is 0 Å².